The molecule has 1 aromatic heterocycles. The van der Waals surface area contributed by atoms with Crippen LogP contribution >= 0.6 is 12.2 Å². The second kappa shape index (κ2) is 9.20. The van der Waals surface area contributed by atoms with Gasteiger partial charge in [-0.25, -0.2) is 0 Å². The first-order valence-electron chi connectivity index (χ1n) is 9.74. The van der Waals surface area contributed by atoms with Crippen molar-refractivity contribution in [2.24, 2.45) is 0 Å². The van der Waals surface area contributed by atoms with Crippen LogP contribution in [0.15, 0.2) is 47.3 Å². The van der Waals surface area contributed by atoms with Crippen molar-refractivity contribution in [1.82, 2.24) is 9.88 Å². The molecule has 0 aliphatic carbocycles. The fraction of sp³-hybridized carbons (Fsp3) is 0.304. The fourth-order valence-electron chi connectivity index (χ4n) is 3.49. The summed E-state index contributed by atoms with van der Waals surface area (Å²) in [7, 11) is 0. The number of fused-ring (bicyclic) bond motifs is 1. The fourth-order valence-corrected chi connectivity index (χ4v) is 3.77. The van der Waals surface area contributed by atoms with Gasteiger partial charge in [0.25, 0.3) is 5.56 Å². The zero-order chi connectivity index (χ0) is 21.0. The van der Waals surface area contributed by atoms with Crippen LogP contribution in [0.2, 0.25) is 0 Å². The number of anilines is 1. The monoisotopic (exact) mass is 409 g/mol. The lowest BCUT2D eigenvalue weighted by Gasteiger charge is -2.26. The Morgan fingerprint density at radius 3 is 2.66 bits per heavy atom. The first-order chi connectivity index (χ1) is 13.9. The molecule has 152 valence electrons. The van der Waals surface area contributed by atoms with Crippen LogP contribution in [0.3, 0.4) is 0 Å². The SMILES string of the molecule is Cc1cccc(NC(=S)N(CCCO)Cc2cc3cc(C)cc(C)c3[nH]c2=O)c1. The van der Waals surface area contributed by atoms with Gasteiger partial charge < -0.3 is 20.3 Å². The lowest BCUT2D eigenvalue weighted by atomic mass is 10.1. The lowest BCUT2D eigenvalue weighted by molar-refractivity contribution is 0.266. The van der Waals surface area contributed by atoms with E-state index < -0.39 is 0 Å². The van der Waals surface area contributed by atoms with Gasteiger partial charge in [0.05, 0.1) is 12.1 Å². The highest BCUT2D eigenvalue weighted by molar-refractivity contribution is 7.80. The second-order valence-electron chi connectivity index (χ2n) is 7.47. The van der Waals surface area contributed by atoms with Crippen molar-refractivity contribution in [2.75, 3.05) is 18.5 Å². The van der Waals surface area contributed by atoms with Crippen LogP contribution in [0.4, 0.5) is 5.69 Å². The highest BCUT2D eigenvalue weighted by atomic mass is 32.1. The summed E-state index contributed by atoms with van der Waals surface area (Å²) in [6.07, 6.45) is 0.569. The second-order valence-corrected chi connectivity index (χ2v) is 7.85. The van der Waals surface area contributed by atoms with E-state index in [-0.39, 0.29) is 12.2 Å². The number of hydrogen-bond donors (Lipinski definition) is 3. The van der Waals surface area contributed by atoms with Crippen molar-refractivity contribution < 1.29 is 5.11 Å². The van der Waals surface area contributed by atoms with Gasteiger partial charge in [0.15, 0.2) is 5.11 Å². The van der Waals surface area contributed by atoms with Gasteiger partial charge in [-0.15, -0.1) is 0 Å². The molecule has 6 heteroatoms. The minimum atomic E-state index is -0.114. The zero-order valence-electron chi connectivity index (χ0n) is 17.1. The Morgan fingerprint density at radius 2 is 1.93 bits per heavy atom. The molecule has 3 rings (SSSR count). The van der Waals surface area contributed by atoms with Gasteiger partial charge in [0.2, 0.25) is 0 Å². The Hall–Kier alpha value is -2.70. The van der Waals surface area contributed by atoms with Crippen molar-refractivity contribution in [2.45, 2.75) is 33.7 Å². The minimum Gasteiger partial charge on any atom is -0.396 e. The van der Waals surface area contributed by atoms with Crippen molar-refractivity contribution >= 4 is 33.9 Å². The molecule has 3 N–H and O–H groups in total. The Morgan fingerprint density at radius 1 is 1.14 bits per heavy atom. The number of thiocarbonyl (C=S) groups is 1. The number of aliphatic hydroxyl groups excluding tert-OH is 1. The van der Waals surface area contributed by atoms with Crippen molar-refractivity contribution in [3.8, 4) is 0 Å². The minimum absolute atomic E-state index is 0.0655. The molecule has 0 aliphatic rings. The summed E-state index contributed by atoms with van der Waals surface area (Å²) >= 11 is 5.61. The molecule has 0 fully saturated rings. The van der Waals surface area contributed by atoms with Gasteiger partial charge >= 0.3 is 0 Å². The van der Waals surface area contributed by atoms with Crippen LogP contribution in [0, 0.1) is 20.8 Å². The molecule has 0 amide bonds. The molecule has 0 saturated carbocycles. The van der Waals surface area contributed by atoms with E-state index >= 15 is 0 Å². The molecule has 2 aromatic carbocycles. The van der Waals surface area contributed by atoms with Crippen molar-refractivity contribution in [1.29, 1.82) is 0 Å². The number of H-pyrrole nitrogens is 1. The molecule has 0 aliphatic heterocycles. The third-order valence-electron chi connectivity index (χ3n) is 4.87. The van der Waals surface area contributed by atoms with E-state index in [4.69, 9.17) is 12.2 Å². The smallest absolute Gasteiger partial charge is 0.253 e. The third-order valence-corrected chi connectivity index (χ3v) is 5.23. The Balaban J connectivity index is 1.88. The molecule has 29 heavy (non-hydrogen) atoms. The van der Waals surface area contributed by atoms with E-state index in [1.54, 1.807) is 0 Å². The van der Waals surface area contributed by atoms with E-state index in [0.29, 0.717) is 30.2 Å². The zero-order valence-corrected chi connectivity index (χ0v) is 17.9. The topological polar surface area (TPSA) is 68.4 Å². The van der Waals surface area contributed by atoms with Crippen molar-refractivity contribution in [3.63, 3.8) is 0 Å². The van der Waals surface area contributed by atoms with Crippen LogP contribution in [0.5, 0.6) is 0 Å². The molecule has 0 spiro atoms. The highest BCUT2D eigenvalue weighted by Gasteiger charge is 2.14. The number of rotatable bonds is 6. The maximum Gasteiger partial charge on any atom is 0.253 e. The molecule has 3 aromatic rings. The summed E-state index contributed by atoms with van der Waals surface area (Å²) in [5.41, 5.74) is 5.65. The molecular weight excluding hydrogens is 382 g/mol. The molecule has 5 nitrogen and oxygen atoms in total. The van der Waals surface area contributed by atoms with Crippen LogP contribution in [0.1, 0.15) is 28.7 Å². The lowest BCUT2D eigenvalue weighted by Crippen LogP contribution is -2.37. The van der Waals surface area contributed by atoms with Gasteiger partial charge in [0, 0.05) is 24.4 Å². The molecule has 0 radical (unpaired) electrons. The van der Waals surface area contributed by atoms with Gasteiger partial charge in [-0.05, 0) is 80.2 Å². The summed E-state index contributed by atoms with van der Waals surface area (Å²) in [4.78, 5) is 17.6. The molecular formula is C23H27N3O2S. The van der Waals surface area contributed by atoms with Crippen LogP contribution in [0.25, 0.3) is 10.9 Å². The number of benzene rings is 2. The van der Waals surface area contributed by atoms with Gasteiger partial charge in [-0.1, -0.05) is 23.8 Å². The average Bonchev–Trinajstić information content (AvgIpc) is 2.66. The average molecular weight is 410 g/mol. The van der Waals surface area contributed by atoms with Crippen LogP contribution < -0.4 is 10.9 Å². The number of nitrogens with zero attached hydrogens (tertiary/aromatic N) is 1. The van der Waals surface area contributed by atoms with E-state index in [0.717, 1.165) is 33.3 Å². The molecule has 0 atom stereocenters. The summed E-state index contributed by atoms with van der Waals surface area (Å²) in [5.74, 6) is 0. The molecule has 1 heterocycles. The Bertz CT molecular complexity index is 1090. The number of aliphatic hydroxyl groups is 1. The predicted molar refractivity (Wildman–Crippen MR) is 124 cm³/mol. The van der Waals surface area contributed by atoms with E-state index in [9.17, 15) is 9.90 Å². The number of aromatic nitrogens is 1. The number of aromatic amines is 1. The highest BCUT2D eigenvalue weighted by Crippen LogP contribution is 2.19. The van der Waals surface area contributed by atoms with E-state index in [2.05, 4.69) is 22.4 Å². The predicted octanol–water partition coefficient (Wildman–Crippen LogP) is 4.03. The number of pyridine rings is 1. The number of nitrogens with one attached hydrogen (secondary N) is 2. The summed E-state index contributed by atoms with van der Waals surface area (Å²) in [5, 5.41) is 14.1. The summed E-state index contributed by atoms with van der Waals surface area (Å²) in [6, 6.07) is 14.0. The van der Waals surface area contributed by atoms with Crippen molar-refractivity contribution in [3.05, 3.63) is 75.1 Å². The number of hydrogen-bond acceptors (Lipinski definition) is 3. The first kappa shape index (κ1) is 21.0. The Kier molecular flexibility index (Phi) is 6.67. The maximum atomic E-state index is 12.7. The van der Waals surface area contributed by atoms with Gasteiger partial charge in [-0.3, -0.25) is 4.79 Å². The standard InChI is InChI=1S/C23H27N3O2S/c1-15-6-4-7-20(12-15)24-23(29)26(8-5-9-27)14-19-13-18-11-16(2)10-17(3)21(18)25-22(19)28/h4,6-7,10-13,27H,5,8-9,14H2,1-3H3,(H,24,29)(H,25,28). The first-order valence-corrected chi connectivity index (χ1v) is 10.1. The quantitative estimate of drug-likeness (QED) is 0.536. The van der Waals surface area contributed by atoms with Crippen LogP contribution in [-0.2, 0) is 6.54 Å². The summed E-state index contributed by atoms with van der Waals surface area (Å²) < 4.78 is 0. The molecule has 0 bridgehead atoms. The maximum absolute atomic E-state index is 12.7. The Labute approximate surface area is 176 Å². The normalized spacial score (nSPS) is 10.9. The van der Waals surface area contributed by atoms with Gasteiger partial charge in [-0.2, -0.15) is 0 Å². The molecule has 0 unspecified atom stereocenters. The largest absolute Gasteiger partial charge is 0.396 e. The van der Waals surface area contributed by atoms with E-state index in [1.807, 2.05) is 56.0 Å². The summed E-state index contributed by atoms with van der Waals surface area (Å²) in [6.45, 7) is 7.06. The van der Waals surface area contributed by atoms with Crippen LogP contribution in [-0.4, -0.2) is 33.3 Å². The van der Waals surface area contributed by atoms with Gasteiger partial charge in [0.1, 0.15) is 0 Å². The number of aryl methyl sites for hydroxylation is 3. The van der Waals surface area contributed by atoms with E-state index in [1.165, 1.54) is 0 Å². The third kappa shape index (κ3) is 5.22. The molecule has 0 saturated heterocycles.